The number of para-hydroxylation sites is 1. The van der Waals surface area contributed by atoms with Crippen molar-refractivity contribution >= 4 is 34.5 Å². The lowest BCUT2D eigenvalue weighted by Crippen LogP contribution is -2.09. The van der Waals surface area contributed by atoms with Gasteiger partial charge in [0.15, 0.2) is 0 Å². The van der Waals surface area contributed by atoms with E-state index < -0.39 is 5.82 Å². The lowest BCUT2D eigenvalue weighted by molar-refractivity contribution is 0.103. The van der Waals surface area contributed by atoms with Crippen molar-refractivity contribution in [1.29, 1.82) is 0 Å². The summed E-state index contributed by atoms with van der Waals surface area (Å²) in [6, 6.07) is 15.8. The van der Waals surface area contributed by atoms with Crippen LogP contribution >= 0.6 is 22.9 Å². The van der Waals surface area contributed by atoms with Gasteiger partial charge in [0.25, 0.3) is 5.91 Å². The summed E-state index contributed by atoms with van der Waals surface area (Å²) in [5.74, 6) is 0.138. The molecule has 2 heterocycles. The monoisotopic (exact) mass is 441 g/mol. The fourth-order valence-electron chi connectivity index (χ4n) is 2.81. The Morgan fingerprint density at radius 3 is 2.83 bits per heavy atom. The first kappa shape index (κ1) is 20.1. The van der Waals surface area contributed by atoms with E-state index in [1.54, 1.807) is 24.4 Å². The second kappa shape index (κ2) is 9.11. The van der Waals surface area contributed by atoms with Gasteiger partial charge in [-0.15, -0.1) is 11.3 Å². The van der Waals surface area contributed by atoms with Gasteiger partial charge in [0.1, 0.15) is 18.2 Å². The Morgan fingerprint density at radius 2 is 2.03 bits per heavy atom. The van der Waals surface area contributed by atoms with Gasteiger partial charge in [0.05, 0.1) is 23.3 Å². The molecule has 1 N–H and O–H groups in total. The minimum Gasteiger partial charge on any atom is -0.489 e. The number of thiophene rings is 1. The summed E-state index contributed by atoms with van der Waals surface area (Å²) in [7, 11) is 0. The fraction of sp³-hybridized carbons (Fsp3) is 0.0909. The van der Waals surface area contributed by atoms with Crippen LogP contribution in [0.25, 0.3) is 0 Å². The maximum absolute atomic E-state index is 13.9. The highest BCUT2D eigenvalue weighted by Crippen LogP contribution is 2.22. The largest absolute Gasteiger partial charge is 0.489 e. The van der Waals surface area contributed by atoms with Crippen molar-refractivity contribution in [2.24, 2.45) is 0 Å². The van der Waals surface area contributed by atoms with Crippen molar-refractivity contribution < 1.29 is 13.9 Å². The first-order valence-electron chi connectivity index (χ1n) is 9.10. The van der Waals surface area contributed by atoms with E-state index >= 15 is 0 Å². The molecule has 0 bridgehead atoms. The van der Waals surface area contributed by atoms with E-state index in [-0.39, 0.29) is 12.5 Å². The van der Waals surface area contributed by atoms with Crippen molar-refractivity contribution in [2.75, 3.05) is 5.32 Å². The van der Waals surface area contributed by atoms with Crippen molar-refractivity contribution in [1.82, 2.24) is 9.78 Å². The van der Waals surface area contributed by atoms with Crippen LogP contribution in [-0.4, -0.2) is 15.7 Å². The first-order valence-corrected chi connectivity index (χ1v) is 10.4. The number of rotatable bonds is 7. The molecule has 2 aromatic carbocycles. The van der Waals surface area contributed by atoms with Crippen molar-refractivity contribution in [3.05, 3.63) is 99.2 Å². The van der Waals surface area contributed by atoms with Gasteiger partial charge in [-0.1, -0.05) is 35.9 Å². The Bertz CT molecular complexity index is 1140. The normalized spacial score (nSPS) is 10.7. The van der Waals surface area contributed by atoms with Crippen molar-refractivity contribution in [3.8, 4) is 5.75 Å². The second-order valence-corrected chi connectivity index (χ2v) is 7.82. The number of ether oxygens (including phenoxy) is 1. The molecular formula is C22H17ClFN3O2S. The minimum absolute atomic E-state index is 0.168. The van der Waals surface area contributed by atoms with Crippen LogP contribution in [0.2, 0.25) is 5.02 Å². The Labute approximate surface area is 181 Å². The number of hydrogen-bond donors (Lipinski definition) is 1. The highest BCUT2D eigenvalue weighted by Gasteiger charge is 2.13. The summed E-state index contributed by atoms with van der Waals surface area (Å²) < 4.78 is 21.2. The van der Waals surface area contributed by atoms with E-state index in [1.165, 1.54) is 28.3 Å². The number of hydrogen-bond acceptors (Lipinski definition) is 4. The highest BCUT2D eigenvalue weighted by atomic mass is 35.5. The third-order valence-electron chi connectivity index (χ3n) is 4.30. The molecule has 0 aliphatic carbocycles. The van der Waals surface area contributed by atoms with Gasteiger partial charge in [0.2, 0.25) is 0 Å². The summed E-state index contributed by atoms with van der Waals surface area (Å²) in [5.41, 5.74) is 1.78. The zero-order chi connectivity index (χ0) is 20.9. The maximum atomic E-state index is 13.9. The van der Waals surface area contributed by atoms with E-state index in [9.17, 15) is 9.18 Å². The molecule has 1 amide bonds. The summed E-state index contributed by atoms with van der Waals surface area (Å²) in [6.07, 6.45) is 3.15. The molecule has 8 heteroatoms. The Hall–Kier alpha value is -3.16. The number of aromatic nitrogens is 2. The molecule has 30 heavy (non-hydrogen) atoms. The number of carbonyl (C=O) groups excluding carboxylic acids is 1. The van der Waals surface area contributed by atoms with Crippen LogP contribution in [0.4, 0.5) is 10.1 Å². The quantitative estimate of drug-likeness (QED) is 0.405. The maximum Gasteiger partial charge on any atom is 0.265 e. The Morgan fingerprint density at radius 1 is 1.20 bits per heavy atom. The van der Waals surface area contributed by atoms with Crippen LogP contribution in [0.15, 0.2) is 72.4 Å². The second-order valence-electron chi connectivity index (χ2n) is 6.50. The number of halogens is 2. The third-order valence-corrected chi connectivity index (χ3v) is 5.63. The van der Waals surface area contributed by atoms with Crippen LogP contribution in [-0.2, 0) is 13.2 Å². The van der Waals surface area contributed by atoms with E-state index in [0.29, 0.717) is 27.8 Å². The molecule has 0 radical (unpaired) electrons. The lowest BCUT2D eigenvalue weighted by Gasteiger charge is -2.05. The molecule has 0 atom stereocenters. The molecule has 5 nitrogen and oxygen atoms in total. The predicted molar refractivity (Wildman–Crippen MR) is 116 cm³/mol. The van der Waals surface area contributed by atoms with Crippen LogP contribution in [0.1, 0.15) is 20.8 Å². The summed E-state index contributed by atoms with van der Waals surface area (Å²) in [6.45, 7) is 0.552. The smallest absolute Gasteiger partial charge is 0.265 e. The first-order chi connectivity index (χ1) is 14.6. The van der Waals surface area contributed by atoms with Gasteiger partial charge >= 0.3 is 0 Å². The van der Waals surface area contributed by atoms with Gasteiger partial charge in [0, 0.05) is 22.3 Å². The number of nitrogens with one attached hydrogen (secondary N) is 1. The average molecular weight is 442 g/mol. The number of benzene rings is 2. The minimum atomic E-state index is -0.396. The van der Waals surface area contributed by atoms with Gasteiger partial charge < -0.3 is 10.1 Å². The number of nitrogens with zero attached hydrogens (tertiary/aromatic N) is 2. The van der Waals surface area contributed by atoms with Gasteiger partial charge in [-0.25, -0.2) is 4.39 Å². The molecule has 0 aliphatic heterocycles. The van der Waals surface area contributed by atoms with Crippen LogP contribution in [0, 0.1) is 5.82 Å². The van der Waals surface area contributed by atoms with E-state index in [4.69, 9.17) is 16.3 Å². The zero-order valence-electron chi connectivity index (χ0n) is 15.7. The molecule has 0 saturated carbocycles. The predicted octanol–water partition coefficient (Wildman–Crippen LogP) is 5.62. The molecule has 4 aromatic rings. The van der Waals surface area contributed by atoms with E-state index in [1.807, 2.05) is 35.7 Å². The van der Waals surface area contributed by atoms with Crippen LogP contribution in [0.5, 0.6) is 5.75 Å². The lowest BCUT2D eigenvalue weighted by atomic mass is 10.2. The topological polar surface area (TPSA) is 56.2 Å². The molecular weight excluding hydrogens is 425 g/mol. The van der Waals surface area contributed by atoms with Crippen molar-refractivity contribution in [3.63, 3.8) is 0 Å². The molecule has 0 saturated heterocycles. The summed E-state index contributed by atoms with van der Waals surface area (Å²) in [4.78, 5) is 13.1. The Kier molecular flexibility index (Phi) is 6.11. The van der Waals surface area contributed by atoms with E-state index in [0.717, 1.165) is 11.3 Å². The summed E-state index contributed by atoms with van der Waals surface area (Å²) >= 11 is 7.40. The number of carbonyl (C=O) groups is 1. The fourth-order valence-corrected chi connectivity index (χ4v) is 3.82. The highest BCUT2D eigenvalue weighted by molar-refractivity contribution is 7.12. The van der Waals surface area contributed by atoms with Gasteiger partial charge in [-0.2, -0.15) is 5.10 Å². The molecule has 0 aliphatic rings. The summed E-state index contributed by atoms with van der Waals surface area (Å²) in [5, 5.41) is 9.19. The zero-order valence-corrected chi connectivity index (χ0v) is 17.3. The molecule has 0 spiro atoms. The number of amides is 1. The van der Waals surface area contributed by atoms with E-state index in [2.05, 4.69) is 10.4 Å². The third kappa shape index (κ3) is 4.87. The molecule has 0 unspecified atom stereocenters. The molecule has 4 rings (SSSR count). The van der Waals surface area contributed by atoms with Gasteiger partial charge in [-0.3, -0.25) is 9.48 Å². The SMILES string of the molecule is O=C(Nc1cnn(Cc2c(F)cccc2Cl)c1)c1cc(COc2ccccc2)cs1. The molecule has 152 valence electrons. The molecule has 2 aromatic heterocycles. The van der Waals surface area contributed by atoms with Crippen LogP contribution in [0.3, 0.4) is 0 Å². The van der Waals surface area contributed by atoms with Gasteiger partial charge in [-0.05, 0) is 35.7 Å². The standard InChI is InChI=1S/C22H17ClFN3O2S/c23-19-7-4-8-20(24)18(19)12-27-11-16(10-25-27)26-22(28)21-9-15(14-30-21)13-29-17-5-2-1-3-6-17/h1-11,14H,12-13H2,(H,26,28). The Balaban J connectivity index is 1.36. The van der Waals surface area contributed by atoms with Crippen molar-refractivity contribution in [2.45, 2.75) is 13.2 Å². The number of anilines is 1. The molecule has 0 fully saturated rings. The van der Waals surface area contributed by atoms with Crippen LogP contribution < -0.4 is 10.1 Å². The average Bonchev–Trinajstić information content (AvgIpc) is 3.40.